The smallest absolute Gasteiger partial charge is 0.257 e. The molecule has 1 amide bonds. The van der Waals surface area contributed by atoms with Gasteiger partial charge in [0.25, 0.3) is 5.91 Å². The molecule has 0 saturated carbocycles. The molecule has 4 aromatic rings. The van der Waals surface area contributed by atoms with Crippen molar-refractivity contribution in [2.24, 2.45) is 0 Å². The van der Waals surface area contributed by atoms with E-state index in [0.717, 1.165) is 25.1 Å². The molecule has 1 aromatic carbocycles. The van der Waals surface area contributed by atoms with Gasteiger partial charge < -0.3 is 4.57 Å². The van der Waals surface area contributed by atoms with Crippen LogP contribution in [-0.2, 0) is 17.8 Å². The molecular formula is C18H14BrFN6OS. The summed E-state index contributed by atoms with van der Waals surface area (Å²) in [5.74, 6) is -0.763. The lowest BCUT2D eigenvalue weighted by Crippen LogP contribution is -2.28. The highest BCUT2D eigenvalue weighted by molar-refractivity contribution is 9.10. The minimum atomic E-state index is -0.816. The van der Waals surface area contributed by atoms with E-state index in [1.165, 1.54) is 16.0 Å². The van der Waals surface area contributed by atoms with E-state index in [1.807, 2.05) is 0 Å². The van der Waals surface area contributed by atoms with Gasteiger partial charge in [-0.15, -0.1) is 11.3 Å². The summed E-state index contributed by atoms with van der Waals surface area (Å²) in [6.45, 7) is 0.881. The van der Waals surface area contributed by atoms with E-state index in [4.69, 9.17) is 0 Å². The Balaban J connectivity index is 1.63. The summed E-state index contributed by atoms with van der Waals surface area (Å²) in [4.78, 5) is 21.8. The third-order valence-corrected chi connectivity index (χ3v) is 6.11. The van der Waals surface area contributed by atoms with Crippen LogP contribution in [0.3, 0.4) is 0 Å². The molecular weight excluding hydrogens is 447 g/mol. The molecule has 1 aliphatic heterocycles. The molecule has 3 aromatic heterocycles. The molecule has 0 fully saturated rings. The second-order valence-electron chi connectivity index (χ2n) is 6.51. The van der Waals surface area contributed by atoms with E-state index in [9.17, 15) is 9.18 Å². The molecule has 7 nitrogen and oxygen atoms in total. The third kappa shape index (κ3) is 2.83. The van der Waals surface area contributed by atoms with Gasteiger partial charge in [0.1, 0.15) is 5.52 Å². The molecule has 142 valence electrons. The van der Waals surface area contributed by atoms with Crippen LogP contribution in [0, 0.1) is 5.82 Å². The van der Waals surface area contributed by atoms with Gasteiger partial charge in [0.2, 0.25) is 0 Å². The maximum Gasteiger partial charge on any atom is 0.257 e. The second kappa shape index (κ2) is 6.78. The zero-order chi connectivity index (χ0) is 19.3. The molecule has 0 bridgehead atoms. The molecule has 5 rings (SSSR count). The molecule has 0 aliphatic carbocycles. The number of imidazole rings is 1. The largest absolute Gasteiger partial charge is 0.334 e. The molecule has 4 heterocycles. The fraction of sp³-hybridized carbons (Fsp3) is 0.222. The molecule has 1 unspecified atom stereocenters. The van der Waals surface area contributed by atoms with Gasteiger partial charge in [-0.2, -0.15) is 5.10 Å². The van der Waals surface area contributed by atoms with Crippen LogP contribution in [0.15, 0.2) is 40.7 Å². The van der Waals surface area contributed by atoms with Crippen LogP contribution in [0.5, 0.6) is 0 Å². The number of anilines is 1. The molecule has 0 radical (unpaired) electrons. The highest BCUT2D eigenvalue weighted by Gasteiger charge is 2.32. The number of carbonyl (C=O) groups is 1. The number of hydrogen-bond donors (Lipinski definition) is 1. The van der Waals surface area contributed by atoms with E-state index >= 15 is 0 Å². The van der Waals surface area contributed by atoms with Crippen molar-refractivity contribution in [1.82, 2.24) is 24.3 Å². The first kappa shape index (κ1) is 17.5. The Bertz CT molecular complexity index is 1180. The number of thiazole rings is 1. The Hall–Kier alpha value is -2.59. The number of aryl methyl sites for hydroxylation is 1. The number of rotatable bonds is 4. The predicted octanol–water partition coefficient (Wildman–Crippen LogP) is 3.77. The first-order valence-corrected chi connectivity index (χ1v) is 10.4. The minimum absolute atomic E-state index is 0.206. The zero-order valence-electron chi connectivity index (χ0n) is 14.5. The van der Waals surface area contributed by atoms with Gasteiger partial charge in [0, 0.05) is 35.4 Å². The maximum absolute atomic E-state index is 14.5. The monoisotopic (exact) mass is 460 g/mol. The van der Waals surface area contributed by atoms with E-state index < -0.39 is 11.9 Å². The normalized spacial score (nSPS) is 14.4. The van der Waals surface area contributed by atoms with Crippen LogP contribution in [0.25, 0.3) is 10.9 Å². The van der Waals surface area contributed by atoms with E-state index in [1.54, 1.807) is 36.2 Å². The first-order chi connectivity index (χ1) is 13.6. The first-order valence-electron chi connectivity index (χ1n) is 8.69. The van der Waals surface area contributed by atoms with Crippen LogP contribution >= 0.6 is 27.3 Å². The lowest BCUT2D eigenvalue weighted by Gasteiger charge is -2.16. The number of nitrogens with one attached hydrogen (secondary N) is 1. The van der Waals surface area contributed by atoms with E-state index in [2.05, 4.69) is 40.9 Å². The van der Waals surface area contributed by atoms with Crippen LogP contribution in [0.2, 0.25) is 0 Å². The number of hydrogen-bond acceptors (Lipinski definition) is 5. The minimum Gasteiger partial charge on any atom is -0.334 e. The van der Waals surface area contributed by atoms with Gasteiger partial charge in [-0.25, -0.2) is 14.4 Å². The van der Waals surface area contributed by atoms with Gasteiger partial charge in [-0.1, -0.05) is 0 Å². The lowest BCUT2D eigenvalue weighted by molar-refractivity contribution is -0.118. The number of nitrogens with zero attached hydrogens (tertiary/aromatic N) is 5. The van der Waals surface area contributed by atoms with Crippen LogP contribution in [0.1, 0.15) is 23.9 Å². The van der Waals surface area contributed by atoms with Crippen molar-refractivity contribution >= 4 is 49.2 Å². The van der Waals surface area contributed by atoms with E-state index in [0.29, 0.717) is 20.7 Å². The Labute approximate surface area is 171 Å². The summed E-state index contributed by atoms with van der Waals surface area (Å²) < 4.78 is 18.4. The number of carbonyl (C=O) groups excluding carboxylic acids is 1. The molecule has 28 heavy (non-hydrogen) atoms. The van der Waals surface area contributed by atoms with Crippen molar-refractivity contribution in [2.75, 3.05) is 5.32 Å². The summed E-state index contributed by atoms with van der Waals surface area (Å²) in [5, 5.41) is 10.1. The zero-order valence-corrected chi connectivity index (χ0v) is 16.9. The molecule has 0 saturated heterocycles. The average Bonchev–Trinajstić information content (AvgIpc) is 3.44. The Morgan fingerprint density at radius 1 is 1.36 bits per heavy atom. The van der Waals surface area contributed by atoms with Crippen LogP contribution < -0.4 is 5.32 Å². The van der Waals surface area contributed by atoms with Crippen molar-refractivity contribution in [3.8, 4) is 0 Å². The van der Waals surface area contributed by atoms with Crippen molar-refractivity contribution in [2.45, 2.75) is 25.4 Å². The molecule has 1 N–H and O–H groups in total. The Kier molecular flexibility index (Phi) is 4.24. The Morgan fingerprint density at radius 3 is 3.07 bits per heavy atom. The van der Waals surface area contributed by atoms with Crippen molar-refractivity contribution in [3.05, 3.63) is 57.9 Å². The highest BCUT2D eigenvalue weighted by atomic mass is 79.9. The summed E-state index contributed by atoms with van der Waals surface area (Å²) >= 11 is 4.52. The standard InChI is InChI=1S/C18H14BrFN6OS/c19-11-4-3-10-8-26(24-14(10)13(11)20)16(17(27)23-18-21-5-7-28-18)15-12-2-1-6-25(12)9-22-15/h3-5,7-9,16H,1-2,6H2,(H,21,23,27). The van der Waals surface area contributed by atoms with Gasteiger partial charge >= 0.3 is 0 Å². The fourth-order valence-electron chi connectivity index (χ4n) is 3.54. The number of benzene rings is 1. The van der Waals surface area contributed by atoms with E-state index in [-0.39, 0.29) is 11.4 Å². The maximum atomic E-state index is 14.5. The summed E-state index contributed by atoms with van der Waals surface area (Å²) in [7, 11) is 0. The molecule has 0 spiro atoms. The summed E-state index contributed by atoms with van der Waals surface area (Å²) in [6, 6.07) is 2.58. The number of fused-ring (bicyclic) bond motifs is 2. The quantitative estimate of drug-likeness (QED) is 0.502. The fourth-order valence-corrected chi connectivity index (χ4v) is 4.39. The third-order valence-electron chi connectivity index (χ3n) is 4.81. The summed E-state index contributed by atoms with van der Waals surface area (Å²) in [5.41, 5.74) is 1.86. The number of aromatic nitrogens is 5. The highest BCUT2D eigenvalue weighted by Crippen LogP contribution is 2.30. The predicted molar refractivity (Wildman–Crippen MR) is 107 cm³/mol. The van der Waals surface area contributed by atoms with Crippen LogP contribution in [-0.4, -0.2) is 30.2 Å². The Morgan fingerprint density at radius 2 is 2.25 bits per heavy atom. The van der Waals surface area contributed by atoms with Gasteiger partial charge in [0.15, 0.2) is 17.0 Å². The van der Waals surface area contributed by atoms with Crippen molar-refractivity contribution in [3.63, 3.8) is 0 Å². The van der Waals surface area contributed by atoms with Crippen molar-refractivity contribution < 1.29 is 9.18 Å². The lowest BCUT2D eigenvalue weighted by atomic mass is 10.1. The molecule has 10 heteroatoms. The topological polar surface area (TPSA) is 77.6 Å². The molecule has 1 atom stereocenters. The molecule has 1 aliphatic rings. The number of amides is 1. The van der Waals surface area contributed by atoms with Gasteiger partial charge in [-0.3, -0.25) is 14.8 Å². The SMILES string of the molecule is O=C(Nc1nccs1)C(c1ncn2c1CCC2)n1cc2ccc(Br)c(F)c2n1. The summed E-state index contributed by atoms with van der Waals surface area (Å²) in [6.07, 6.45) is 6.91. The van der Waals surface area contributed by atoms with Gasteiger partial charge in [0.05, 0.1) is 16.5 Å². The average molecular weight is 461 g/mol. The van der Waals surface area contributed by atoms with Gasteiger partial charge in [-0.05, 0) is 40.9 Å². The van der Waals surface area contributed by atoms with Crippen LogP contribution in [0.4, 0.5) is 9.52 Å². The number of halogens is 2. The van der Waals surface area contributed by atoms with Crippen molar-refractivity contribution in [1.29, 1.82) is 0 Å². The second-order valence-corrected chi connectivity index (χ2v) is 8.26.